The van der Waals surface area contributed by atoms with Gasteiger partial charge in [0.15, 0.2) is 6.61 Å². The van der Waals surface area contributed by atoms with E-state index in [0.717, 1.165) is 4.90 Å². The fourth-order valence-electron chi connectivity index (χ4n) is 2.16. The van der Waals surface area contributed by atoms with Crippen molar-refractivity contribution in [2.75, 3.05) is 11.5 Å². The van der Waals surface area contributed by atoms with E-state index < -0.39 is 12.6 Å². The molecular weight excluding hydrogens is 262 g/mol. The third-order valence-electron chi connectivity index (χ3n) is 3.00. The Labute approximate surface area is 115 Å². The summed E-state index contributed by atoms with van der Waals surface area (Å²) in [5, 5.41) is 8.64. The molecule has 0 unspecified atom stereocenters. The number of carboxylic acid groups (broad SMARTS) is 1. The van der Waals surface area contributed by atoms with Crippen LogP contribution < -0.4 is 9.64 Å². The number of anilines is 1. The number of amides is 2. The van der Waals surface area contributed by atoms with Gasteiger partial charge in [-0.25, -0.2) is 9.69 Å². The maximum absolute atomic E-state index is 12.0. The quantitative estimate of drug-likeness (QED) is 0.842. The van der Waals surface area contributed by atoms with Gasteiger partial charge in [-0.15, -0.1) is 0 Å². The molecule has 106 valence electrons. The number of imide groups is 1. The molecule has 2 amide bonds. The topological polar surface area (TPSA) is 83.9 Å². The normalized spacial score (nSPS) is 16.4. The molecule has 1 aromatic carbocycles. The van der Waals surface area contributed by atoms with E-state index in [4.69, 9.17) is 9.84 Å². The van der Waals surface area contributed by atoms with Gasteiger partial charge in [-0.05, 0) is 18.1 Å². The van der Waals surface area contributed by atoms with E-state index >= 15 is 0 Å². The molecule has 1 heterocycles. The van der Waals surface area contributed by atoms with Crippen LogP contribution in [0.5, 0.6) is 5.75 Å². The molecule has 20 heavy (non-hydrogen) atoms. The minimum absolute atomic E-state index is 0.0263. The van der Waals surface area contributed by atoms with Crippen LogP contribution in [0.25, 0.3) is 0 Å². The van der Waals surface area contributed by atoms with Gasteiger partial charge in [0, 0.05) is 12.8 Å². The number of carboxylic acids is 1. The van der Waals surface area contributed by atoms with Crippen LogP contribution >= 0.6 is 0 Å². The lowest BCUT2D eigenvalue weighted by Gasteiger charge is -2.29. The lowest BCUT2D eigenvalue weighted by Crippen LogP contribution is -2.43. The van der Waals surface area contributed by atoms with Crippen LogP contribution in [-0.4, -0.2) is 29.5 Å². The number of piperidine rings is 1. The molecule has 0 spiro atoms. The number of carbonyl (C=O) groups excluding carboxylic acids is 2. The van der Waals surface area contributed by atoms with Gasteiger partial charge in [0.25, 0.3) is 0 Å². The van der Waals surface area contributed by atoms with Crippen molar-refractivity contribution in [2.45, 2.75) is 19.8 Å². The van der Waals surface area contributed by atoms with Crippen molar-refractivity contribution in [1.82, 2.24) is 0 Å². The van der Waals surface area contributed by atoms with Crippen molar-refractivity contribution in [2.24, 2.45) is 5.92 Å². The van der Waals surface area contributed by atoms with E-state index in [1.807, 2.05) is 6.92 Å². The zero-order valence-corrected chi connectivity index (χ0v) is 11.0. The Hall–Kier alpha value is -2.37. The van der Waals surface area contributed by atoms with Crippen LogP contribution in [0.1, 0.15) is 19.8 Å². The Balaban J connectivity index is 2.29. The minimum atomic E-state index is -1.12. The van der Waals surface area contributed by atoms with Crippen LogP contribution in [0.4, 0.5) is 5.69 Å². The molecule has 0 aromatic heterocycles. The summed E-state index contributed by atoms with van der Waals surface area (Å²) in [4.78, 5) is 35.7. The first-order valence-electron chi connectivity index (χ1n) is 6.28. The molecule has 1 N–H and O–H groups in total. The summed E-state index contributed by atoms with van der Waals surface area (Å²) in [6.45, 7) is 1.32. The molecule has 0 radical (unpaired) electrons. The van der Waals surface area contributed by atoms with Crippen LogP contribution in [0.15, 0.2) is 24.3 Å². The number of ether oxygens (including phenoxy) is 1. The second-order valence-electron chi connectivity index (χ2n) is 4.79. The summed E-state index contributed by atoms with van der Waals surface area (Å²) in [6.07, 6.45) is 0.581. The number of aliphatic carboxylic acids is 1. The van der Waals surface area contributed by atoms with Crippen LogP contribution in [-0.2, 0) is 14.4 Å². The first-order valence-corrected chi connectivity index (χ1v) is 6.28. The van der Waals surface area contributed by atoms with Crippen LogP contribution in [0.3, 0.4) is 0 Å². The second-order valence-corrected chi connectivity index (χ2v) is 4.79. The Morgan fingerprint density at radius 3 is 2.50 bits per heavy atom. The van der Waals surface area contributed by atoms with Crippen molar-refractivity contribution in [3.63, 3.8) is 0 Å². The summed E-state index contributed by atoms with van der Waals surface area (Å²) in [5.74, 6) is -1.46. The number of rotatable bonds is 4. The molecule has 1 aromatic rings. The lowest BCUT2D eigenvalue weighted by molar-refractivity contribution is -0.139. The van der Waals surface area contributed by atoms with Gasteiger partial charge in [0.05, 0.1) is 5.69 Å². The lowest BCUT2D eigenvalue weighted by atomic mass is 9.97. The maximum atomic E-state index is 12.0. The maximum Gasteiger partial charge on any atom is 0.341 e. The molecule has 1 saturated heterocycles. The van der Waals surface area contributed by atoms with Crippen molar-refractivity contribution >= 4 is 23.5 Å². The number of carbonyl (C=O) groups is 3. The Morgan fingerprint density at radius 1 is 1.30 bits per heavy atom. The summed E-state index contributed by atoms with van der Waals surface area (Å²) in [7, 11) is 0. The molecule has 0 saturated carbocycles. The van der Waals surface area contributed by atoms with Crippen molar-refractivity contribution in [3.05, 3.63) is 24.3 Å². The third-order valence-corrected chi connectivity index (χ3v) is 3.00. The summed E-state index contributed by atoms with van der Waals surface area (Å²) < 4.78 is 5.13. The van der Waals surface area contributed by atoms with Gasteiger partial charge >= 0.3 is 5.97 Å². The molecule has 1 aliphatic rings. The standard InChI is InChI=1S/C14H15NO5/c1-9-6-12(16)15(13(17)7-9)10-4-2-3-5-11(10)20-8-14(18)19/h2-5,9H,6-8H2,1H3,(H,18,19). The molecule has 1 fully saturated rings. The fraction of sp³-hybridized carbons (Fsp3) is 0.357. The van der Waals surface area contributed by atoms with E-state index in [2.05, 4.69) is 0 Å². The second kappa shape index (κ2) is 5.73. The van der Waals surface area contributed by atoms with Gasteiger partial charge in [0.2, 0.25) is 11.8 Å². The molecular formula is C14H15NO5. The first kappa shape index (κ1) is 14.0. The zero-order valence-electron chi connectivity index (χ0n) is 11.0. The number of hydrogen-bond acceptors (Lipinski definition) is 4. The molecule has 1 aliphatic heterocycles. The average molecular weight is 277 g/mol. The SMILES string of the molecule is CC1CC(=O)N(c2ccccc2OCC(=O)O)C(=O)C1. The van der Waals surface area contributed by atoms with Crippen molar-refractivity contribution in [1.29, 1.82) is 0 Å². The fourth-order valence-corrected chi connectivity index (χ4v) is 2.16. The van der Waals surface area contributed by atoms with Gasteiger partial charge in [-0.1, -0.05) is 19.1 Å². The average Bonchev–Trinajstić information content (AvgIpc) is 2.36. The highest BCUT2D eigenvalue weighted by Gasteiger charge is 2.33. The summed E-state index contributed by atoms with van der Waals surface area (Å²) >= 11 is 0. The van der Waals surface area contributed by atoms with Crippen molar-refractivity contribution < 1.29 is 24.2 Å². The molecule has 6 heteroatoms. The number of nitrogens with zero attached hydrogens (tertiary/aromatic N) is 1. The third kappa shape index (κ3) is 2.96. The molecule has 6 nitrogen and oxygen atoms in total. The van der Waals surface area contributed by atoms with Crippen molar-refractivity contribution in [3.8, 4) is 5.75 Å². The largest absolute Gasteiger partial charge is 0.480 e. The predicted molar refractivity (Wildman–Crippen MR) is 70.5 cm³/mol. The van der Waals surface area contributed by atoms with Gasteiger partial charge < -0.3 is 9.84 Å². The smallest absolute Gasteiger partial charge is 0.341 e. The number of benzene rings is 1. The molecule has 0 bridgehead atoms. The highest BCUT2D eigenvalue weighted by molar-refractivity contribution is 6.17. The van der Waals surface area contributed by atoms with Gasteiger partial charge in [0.1, 0.15) is 5.75 Å². The Morgan fingerprint density at radius 2 is 1.90 bits per heavy atom. The molecule has 0 atom stereocenters. The molecule has 2 rings (SSSR count). The van der Waals surface area contributed by atoms with E-state index in [1.165, 1.54) is 6.07 Å². The first-order chi connectivity index (χ1) is 9.49. The summed E-state index contributed by atoms with van der Waals surface area (Å²) in [5.41, 5.74) is 0.302. The highest BCUT2D eigenvalue weighted by Crippen LogP contribution is 2.32. The van der Waals surface area contributed by atoms with E-state index in [-0.39, 0.29) is 23.5 Å². The zero-order chi connectivity index (χ0) is 14.7. The van der Waals surface area contributed by atoms with Crippen LogP contribution in [0, 0.1) is 5.92 Å². The van der Waals surface area contributed by atoms with E-state index in [1.54, 1.807) is 18.2 Å². The Bertz CT molecular complexity index is 536. The van der Waals surface area contributed by atoms with Gasteiger partial charge in [-0.2, -0.15) is 0 Å². The van der Waals surface area contributed by atoms with E-state index in [9.17, 15) is 14.4 Å². The van der Waals surface area contributed by atoms with Crippen LogP contribution in [0.2, 0.25) is 0 Å². The minimum Gasteiger partial charge on any atom is -0.480 e. The monoisotopic (exact) mass is 277 g/mol. The number of hydrogen-bond donors (Lipinski definition) is 1. The van der Waals surface area contributed by atoms with E-state index in [0.29, 0.717) is 18.5 Å². The highest BCUT2D eigenvalue weighted by atomic mass is 16.5. The Kier molecular flexibility index (Phi) is 4.02. The van der Waals surface area contributed by atoms with Gasteiger partial charge in [-0.3, -0.25) is 9.59 Å². The number of para-hydroxylation sites is 2. The predicted octanol–water partition coefficient (Wildman–Crippen LogP) is 1.44. The molecule has 0 aliphatic carbocycles. The summed E-state index contributed by atoms with van der Waals surface area (Å²) in [6, 6.07) is 6.43.